The number of amides is 1. The third-order valence-electron chi connectivity index (χ3n) is 3.63. The monoisotopic (exact) mass is 310 g/mol. The molecule has 3 aromatic rings. The summed E-state index contributed by atoms with van der Waals surface area (Å²) in [6.45, 7) is 2.22. The Kier molecular flexibility index (Phi) is 3.93. The fourth-order valence-corrected chi connectivity index (χ4v) is 2.49. The Bertz CT molecular complexity index is 899. The summed E-state index contributed by atoms with van der Waals surface area (Å²) in [5.74, 6) is -1.85. The molecule has 116 valence electrons. The number of benzene rings is 2. The third-order valence-corrected chi connectivity index (χ3v) is 3.63. The van der Waals surface area contributed by atoms with Crippen molar-refractivity contribution < 1.29 is 14.0 Å². The molecule has 0 aliphatic carbocycles. The average molecular weight is 310 g/mol. The van der Waals surface area contributed by atoms with Crippen LogP contribution in [0.25, 0.3) is 10.9 Å². The number of aromatic amines is 1. The van der Waals surface area contributed by atoms with Gasteiger partial charge in [-0.2, -0.15) is 0 Å². The Hall–Kier alpha value is -2.95. The maximum Gasteiger partial charge on any atom is 0.292 e. The van der Waals surface area contributed by atoms with E-state index < -0.39 is 17.5 Å². The van der Waals surface area contributed by atoms with Crippen molar-refractivity contribution >= 4 is 22.6 Å². The minimum absolute atomic E-state index is 0.168. The SMILES string of the molecule is Cc1cccc(CNC(=O)C(=O)c2c[nH]c3ccc(F)cc23)c1. The van der Waals surface area contributed by atoms with Gasteiger partial charge in [-0.25, -0.2) is 4.39 Å². The molecule has 0 bridgehead atoms. The van der Waals surface area contributed by atoms with Crippen LogP contribution in [0, 0.1) is 12.7 Å². The number of ketones is 1. The summed E-state index contributed by atoms with van der Waals surface area (Å²) in [5.41, 5.74) is 2.77. The number of Topliss-reactive ketones (excluding diaryl/α,β-unsaturated/α-hetero) is 1. The zero-order valence-electron chi connectivity index (χ0n) is 12.5. The molecule has 0 unspecified atom stereocenters. The molecule has 1 aromatic heterocycles. The van der Waals surface area contributed by atoms with Gasteiger partial charge in [0, 0.05) is 23.6 Å². The predicted octanol–water partition coefficient (Wildman–Crippen LogP) is 3.11. The van der Waals surface area contributed by atoms with Crippen molar-refractivity contribution in [1.29, 1.82) is 0 Å². The third kappa shape index (κ3) is 3.13. The van der Waals surface area contributed by atoms with Crippen LogP contribution in [-0.4, -0.2) is 16.7 Å². The summed E-state index contributed by atoms with van der Waals surface area (Å²) in [5, 5.41) is 3.00. The quantitative estimate of drug-likeness (QED) is 0.574. The fourth-order valence-electron chi connectivity index (χ4n) is 2.49. The number of nitrogens with one attached hydrogen (secondary N) is 2. The normalized spacial score (nSPS) is 10.7. The molecule has 5 heteroatoms. The standard InChI is InChI=1S/C18H15FN2O2/c1-11-3-2-4-12(7-11)9-21-18(23)17(22)15-10-20-16-6-5-13(19)8-14(15)16/h2-8,10,20H,9H2,1H3,(H,21,23). The first-order chi connectivity index (χ1) is 11.0. The molecule has 1 amide bonds. The maximum absolute atomic E-state index is 13.3. The molecule has 0 radical (unpaired) electrons. The van der Waals surface area contributed by atoms with Crippen molar-refractivity contribution in [3.8, 4) is 0 Å². The van der Waals surface area contributed by atoms with Gasteiger partial charge in [0.05, 0.1) is 5.56 Å². The number of rotatable bonds is 4. The molecule has 2 N–H and O–H groups in total. The van der Waals surface area contributed by atoms with Crippen LogP contribution < -0.4 is 5.32 Å². The topological polar surface area (TPSA) is 62.0 Å². The second-order valence-electron chi connectivity index (χ2n) is 5.39. The molecule has 0 spiro atoms. The lowest BCUT2D eigenvalue weighted by Gasteiger charge is -2.05. The fraction of sp³-hybridized carbons (Fsp3) is 0.111. The van der Waals surface area contributed by atoms with Crippen molar-refractivity contribution in [3.63, 3.8) is 0 Å². The molecular weight excluding hydrogens is 295 g/mol. The highest BCUT2D eigenvalue weighted by Gasteiger charge is 2.20. The molecule has 4 nitrogen and oxygen atoms in total. The smallest absolute Gasteiger partial charge is 0.292 e. The van der Waals surface area contributed by atoms with E-state index in [0.717, 1.165) is 11.1 Å². The van der Waals surface area contributed by atoms with Gasteiger partial charge in [-0.05, 0) is 30.7 Å². The van der Waals surface area contributed by atoms with Gasteiger partial charge in [0.25, 0.3) is 11.7 Å². The van der Waals surface area contributed by atoms with E-state index in [0.29, 0.717) is 10.9 Å². The highest BCUT2D eigenvalue weighted by molar-refractivity contribution is 6.44. The van der Waals surface area contributed by atoms with Crippen molar-refractivity contribution in [2.24, 2.45) is 0 Å². The van der Waals surface area contributed by atoms with E-state index in [2.05, 4.69) is 10.3 Å². The molecule has 3 rings (SSSR count). The summed E-state index contributed by atoms with van der Waals surface area (Å²) in [6.07, 6.45) is 1.43. The lowest BCUT2D eigenvalue weighted by molar-refractivity contribution is -0.117. The second kappa shape index (κ2) is 6.04. The van der Waals surface area contributed by atoms with Crippen LogP contribution in [0.4, 0.5) is 4.39 Å². The van der Waals surface area contributed by atoms with Crippen molar-refractivity contribution in [1.82, 2.24) is 10.3 Å². The van der Waals surface area contributed by atoms with E-state index in [1.54, 1.807) is 0 Å². The van der Waals surface area contributed by atoms with Crippen LogP contribution in [0.15, 0.2) is 48.7 Å². The number of fused-ring (bicyclic) bond motifs is 1. The first-order valence-electron chi connectivity index (χ1n) is 7.19. The van der Waals surface area contributed by atoms with Crippen LogP contribution in [0.1, 0.15) is 21.5 Å². The van der Waals surface area contributed by atoms with Crippen LogP contribution in [0.2, 0.25) is 0 Å². The Labute approximate surface area is 132 Å². The zero-order valence-corrected chi connectivity index (χ0v) is 12.5. The van der Waals surface area contributed by atoms with Crippen molar-refractivity contribution in [2.45, 2.75) is 13.5 Å². The number of carbonyl (C=O) groups excluding carboxylic acids is 2. The van der Waals surface area contributed by atoms with E-state index in [1.807, 2.05) is 31.2 Å². The molecule has 0 fully saturated rings. The molecule has 0 saturated carbocycles. The lowest BCUT2D eigenvalue weighted by Crippen LogP contribution is -2.30. The molecule has 2 aromatic carbocycles. The number of hydrogen-bond acceptors (Lipinski definition) is 2. The van der Waals surface area contributed by atoms with Gasteiger partial charge in [0.15, 0.2) is 0 Å². The van der Waals surface area contributed by atoms with Gasteiger partial charge in [0.2, 0.25) is 0 Å². The molecule has 0 atom stereocenters. The number of aryl methyl sites for hydroxylation is 1. The van der Waals surface area contributed by atoms with E-state index in [9.17, 15) is 14.0 Å². The summed E-state index contributed by atoms with van der Waals surface area (Å²) in [7, 11) is 0. The van der Waals surface area contributed by atoms with E-state index in [-0.39, 0.29) is 12.1 Å². The highest BCUT2D eigenvalue weighted by Crippen LogP contribution is 2.20. The van der Waals surface area contributed by atoms with E-state index in [1.165, 1.54) is 24.4 Å². The Morgan fingerprint density at radius 1 is 1.17 bits per heavy atom. The lowest BCUT2D eigenvalue weighted by atomic mass is 10.1. The van der Waals surface area contributed by atoms with Crippen molar-refractivity contribution in [2.75, 3.05) is 0 Å². The second-order valence-corrected chi connectivity index (χ2v) is 5.39. The molecule has 0 saturated heterocycles. The van der Waals surface area contributed by atoms with Gasteiger partial charge in [-0.15, -0.1) is 0 Å². The average Bonchev–Trinajstić information content (AvgIpc) is 2.95. The summed E-state index contributed by atoms with van der Waals surface area (Å²) < 4.78 is 13.3. The Morgan fingerprint density at radius 3 is 2.78 bits per heavy atom. The largest absolute Gasteiger partial charge is 0.360 e. The minimum atomic E-state index is -0.711. The van der Waals surface area contributed by atoms with E-state index in [4.69, 9.17) is 0 Å². The molecule has 23 heavy (non-hydrogen) atoms. The van der Waals surface area contributed by atoms with Crippen LogP contribution >= 0.6 is 0 Å². The number of hydrogen-bond donors (Lipinski definition) is 2. The van der Waals surface area contributed by atoms with Crippen LogP contribution in [0.5, 0.6) is 0 Å². The van der Waals surface area contributed by atoms with Crippen molar-refractivity contribution in [3.05, 3.63) is 71.2 Å². The molecule has 0 aliphatic heterocycles. The number of aromatic nitrogens is 1. The minimum Gasteiger partial charge on any atom is -0.360 e. The predicted molar refractivity (Wildman–Crippen MR) is 85.6 cm³/mol. The van der Waals surface area contributed by atoms with Gasteiger partial charge in [-0.3, -0.25) is 9.59 Å². The molecular formula is C18H15FN2O2. The molecule has 0 aliphatic rings. The highest BCUT2D eigenvalue weighted by atomic mass is 19.1. The van der Waals surface area contributed by atoms with Gasteiger partial charge < -0.3 is 10.3 Å². The molecule has 1 heterocycles. The first-order valence-corrected chi connectivity index (χ1v) is 7.19. The first kappa shape index (κ1) is 15.0. The van der Waals surface area contributed by atoms with Crippen LogP contribution in [-0.2, 0) is 11.3 Å². The number of H-pyrrole nitrogens is 1. The maximum atomic E-state index is 13.3. The number of halogens is 1. The van der Waals surface area contributed by atoms with E-state index >= 15 is 0 Å². The summed E-state index contributed by atoms with van der Waals surface area (Å²) in [6, 6.07) is 11.7. The summed E-state index contributed by atoms with van der Waals surface area (Å²) >= 11 is 0. The number of carbonyl (C=O) groups is 2. The zero-order chi connectivity index (χ0) is 16.4. The van der Waals surface area contributed by atoms with Gasteiger partial charge >= 0.3 is 0 Å². The van der Waals surface area contributed by atoms with Gasteiger partial charge in [-0.1, -0.05) is 29.8 Å². The van der Waals surface area contributed by atoms with Gasteiger partial charge in [0.1, 0.15) is 5.82 Å². The Balaban J connectivity index is 1.76. The van der Waals surface area contributed by atoms with Crippen LogP contribution in [0.3, 0.4) is 0 Å². The summed E-state index contributed by atoms with van der Waals surface area (Å²) in [4.78, 5) is 27.2. The Morgan fingerprint density at radius 2 is 2.00 bits per heavy atom.